The van der Waals surface area contributed by atoms with Crippen LogP contribution in [0.25, 0.3) is 88.9 Å². The monoisotopic (exact) mass is 1560 g/mol. The van der Waals surface area contributed by atoms with Crippen LogP contribution in [0, 0.1) is 23.5 Å². The number of carbonyl (C=O) groups is 3. The minimum atomic E-state index is -0.912. The second kappa shape index (κ2) is 36.6. The number of nitrogens with one attached hydrogen (secondary N) is 3. The van der Waals surface area contributed by atoms with Crippen LogP contribution in [-0.4, -0.2) is 67.6 Å². The predicted molar refractivity (Wildman–Crippen MR) is 474 cm³/mol. The minimum Gasteiger partial charge on any atom is -0.396 e. The van der Waals surface area contributed by atoms with Crippen molar-refractivity contribution < 1.29 is 23.2 Å². The fourth-order valence-corrected chi connectivity index (χ4v) is 15.0. The molecule has 0 aliphatic rings. The number of fused-ring (bicyclic) bond motifs is 3. The standard InChI is InChI=1S/C48H38FN7O.C37H32N4O2.C11H10FN3.3CH4/c1-31(2)23-44(57)52-39-25-34(27-50-28-39)32-21-22-43-40(26-32)46(47-53-42-30-51-29-41(45(42)54-47)33-13-12-20-38(49)24-33)55-56(43)48(35-14-6-3-7-15-35,36-16-8-4-9-17-36)37-18-10-5-11-19-37;1-26(2)20-36(43)39-32-21-28(23-38-24-32)27-18-19-35-33(22-27)34(25-42)40-41(35)37(29-12-6-3-7-13-29,30-14-8-4-9-15-30)31-16-10-5-11-17-31;12-8-3-1-2-7(4-8)9-5-15-6-10(13)11(9)14;;;/h3-22,24-31H,23H2,1-2H3,(H,52,57)(H,53,54);3-19,21-26H,20H2,1-2H3,(H,39,43);1-6H,13H2,(H2,14,15);3*1H4. The fourth-order valence-electron chi connectivity index (χ4n) is 15.0. The SMILES string of the molecule is C.C.C.CC(C)CC(=O)Nc1cncc(-c2ccc3c(c2)c(-c2nc4c(-c5cccc(F)c5)cncc4[nH]2)nn3C(c2ccccc2)(c2ccccc2)c2ccccc2)c1.CC(C)CC(=O)Nc1cncc(-c2ccc3c(c2)c(C=O)nn3C(c2ccccc2)(c2ccccc2)c2ccccc2)c1.Nc1cncc(-c2cccc(F)c2)c1N. The molecule has 0 aliphatic carbocycles. The summed E-state index contributed by atoms with van der Waals surface area (Å²) >= 11 is 0. The molecule has 0 spiro atoms. The first-order chi connectivity index (χ1) is 56.1. The lowest BCUT2D eigenvalue weighted by molar-refractivity contribution is -0.117. The summed E-state index contributed by atoms with van der Waals surface area (Å²) in [5, 5.41) is 18.1. The number of nitrogens with zero attached hydrogens (tertiary/aromatic N) is 9. The van der Waals surface area contributed by atoms with E-state index in [2.05, 4.69) is 168 Å². The molecule has 19 heteroatoms. The van der Waals surface area contributed by atoms with E-state index in [4.69, 9.17) is 26.6 Å². The number of imidazole rings is 1. The molecule has 7 N–H and O–H groups in total. The molecule has 0 radical (unpaired) electrons. The topological polar surface area (TPSA) is 243 Å². The van der Waals surface area contributed by atoms with Gasteiger partial charge in [0.05, 0.1) is 69.6 Å². The second-order valence-corrected chi connectivity index (χ2v) is 28.9. The van der Waals surface area contributed by atoms with E-state index in [1.807, 2.05) is 142 Å². The van der Waals surface area contributed by atoms with E-state index < -0.39 is 11.1 Å². The molecule has 0 fully saturated rings. The van der Waals surface area contributed by atoms with E-state index in [-0.39, 0.29) is 57.6 Å². The van der Waals surface area contributed by atoms with Crippen molar-refractivity contribution in [3.8, 4) is 56.0 Å². The number of carbonyl (C=O) groups excluding carboxylic acids is 3. The summed E-state index contributed by atoms with van der Waals surface area (Å²) in [5.41, 5.74) is 28.0. The highest BCUT2D eigenvalue weighted by Gasteiger charge is 2.43. The number of anilines is 4. The number of aldehydes is 1. The molecule has 7 aromatic heterocycles. The fraction of sp³-hybridized carbons (Fsp3) is 0.131. The summed E-state index contributed by atoms with van der Waals surface area (Å²) < 4.78 is 31.5. The van der Waals surface area contributed by atoms with Crippen LogP contribution in [0.5, 0.6) is 0 Å². The number of hydrogen-bond acceptors (Lipinski definition) is 12. The van der Waals surface area contributed by atoms with E-state index in [1.54, 1.807) is 61.6 Å². The highest BCUT2D eigenvalue weighted by Crippen LogP contribution is 2.47. The molecule has 0 bridgehead atoms. The number of halogens is 2. The van der Waals surface area contributed by atoms with Crippen LogP contribution in [0.15, 0.2) is 329 Å². The van der Waals surface area contributed by atoms with Gasteiger partial charge < -0.3 is 27.1 Å². The van der Waals surface area contributed by atoms with Crippen molar-refractivity contribution in [2.75, 3.05) is 22.1 Å². The molecular weight excluding hydrogens is 1470 g/mol. The van der Waals surface area contributed by atoms with Gasteiger partial charge >= 0.3 is 0 Å². The molecule has 17 aromatic rings. The Balaban J connectivity index is 0.000000185. The highest BCUT2D eigenvalue weighted by atomic mass is 19.1. The molecule has 0 saturated carbocycles. The maximum absolute atomic E-state index is 14.5. The lowest BCUT2D eigenvalue weighted by Crippen LogP contribution is -2.38. The Morgan fingerprint density at radius 2 is 0.814 bits per heavy atom. The van der Waals surface area contributed by atoms with Gasteiger partial charge in [-0.25, -0.2) is 23.1 Å². The number of H-pyrrole nitrogens is 1. The average Bonchev–Trinajstić information content (AvgIpc) is 1.46. The Labute approximate surface area is 685 Å². The number of aromatic nitrogens is 10. The Morgan fingerprint density at radius 3 is 1.24 bits per heavy atom. The molecule has 590 valence electrons. The van der Waals surface area contributed by atoms with Gasteiger partial charge in [-0.3, -0.25) is 34.3 Å². The zero-order valence-electron chi connectivity index (χ0n) is 63.5. The van der Waals surface area contributed by atoms with Gasteiger partial charge in [0, 0.05) is 70.7 Å². The number of rotatable bonds is 20. The number of benzene rings is 10. The van der Waals surface area contributed by atoms with E-state index in [9.17, 15) is 23.2 Å². The quantitative estimate of drug-likeness (QED) is 0.0353. The van der Waals surface area contributed by atoms with Crippen molar-refractivity contribution in [1.29, 1.82) is 0 Å². The molecule has 2 amide bonds. The van der Waals surface area contributed by atoms with E-state index >= 15 is 0 Å². The van der Waals surface area contributed by atoms with Crippen molar-refractivity contribution >= 4 is 73.7 Å². The van der Waals surface area contributed by atoms with Crippen molar-refractivity contribution in [3.05, 3.63) is 379 Å². The van der Waals surface area contributed by atoms with E-state index in [1.165, 1.54) is 30.5 Å². The number of hydrogen-bond donors (Lipinski definition) is 5. The van der Waals surface area contributed by atoms with Gasteiger partial charge in [0.2, 0.25) is 11.8 Å². The molecule has 0 atom stereocenters. The first kappa shape index (κ1) is 82.7. The van der Waals surface area contributed by atoms with Crippen molar-refractivity contribution in [3.63, 3.8) is 0 Å². The lowest BCUT2D eigenvalue weighted by Gasteiger charge is -2.37. The van der Waals surface area contributed by atoms with Gasteiger partial charge in [-0.2, -0.15) is 10.2 Å². The van der Waals surface area contributed by atoms with Crippen LogP contribution in [0.4, 0.5) is 31.5 Å². The predicted octanol–water partition coefficient (Wildman–Crippen LogP) is 22.4. The van der Waals surface area contributed by atoms with Crippen LogP contribution < -0.4 is 22.1 Å². The van der Waals surface area contributed by atoms with Gasteiger partial charge in [-0.15, -0.1) is 0 Å². The first-order valence-corrected chi connectivity index (χ1v) is 37.8. The molecule has 17 rings (SSSR count). The number of nitrogen functional groups attached to an aromatic ring is 2. The Kier molecular flexibility index (Phi) is 25.7. The lowest BCUT2D eigenvalue weighted by atomic mass is 9.77. The van der Waals surface area contributed by atoms with Gasteiger partial charge in [0.25, 0.3) is 0 Å². The Hall–Kier alpha value is -14.7. The van der Waals surface area contributed by atoms with Gasteiger partial charge in [-0.05, 0) is 128 Å². The molecular formula is C99H92F2N14O3. The molecule has 10 aromatic carbocycles. The Morgan fingerprint density at radius 1 is 0.424 bits per heavy atom. The summed E-state index contributed by atoms with van der Waals surface area (Å²) in [4.78, 5) is 63.6. The van der Waals surface area contributed by atoms with Crippen LogP contribution in [0.1, 0.15) is 107 Å². The minimum absolute atomic E-state index is 0. The molecule has 0 saturated heterocycles. The van der Waals surface area contributed by atoms with E-state index in [0.29, 0.717) is 86.1 Å². The zero-order valence-corrected chi connectivity index (χ0v) is 63.5. The third-order valence-electron chi connectivity index (χ3n) is 20.1. The first-order valence-electron chi connectivity index (χ1n) is 37.8. The molecule has 118 heavy (non-hydrogen) atoms. The number of aromatic amines is 1. The van der Waals surface area contributed by atoms with Crippen LogP contribution >= 0.6 is 0 Å². The molecule has 0 unspecified atom stereocenters. The van der Waals surface area contributed by atoms with Crippen molar-refractivity contribution in [2.24, 2.45) is 11.8 Å². The van der Waals surface area contributed by atoms with Crippen LogP contribution in [0.2, 0.25) is 0 Å². The maximum Gasteiger partial charge on any atom is 0.224 e. The van der Waals surface area contributed by atoms with Crippen LogP contribution in [0.3, 0.4) is 0 Å². The summed E-state index contributed by atoms with van der Waals surface area (Å²) in [7, 11) is 0. The number of amides is 2. The summed E-state index contributed by atoms with van der Waals surface area (Å²) in [6, 6.07) is 90.8. The third kappa shape index (κ3) is 16.9. The largest absolute Gasteiger partial charge is 0.396 e. The number of pyridine rings is 4. The molecule has 17 nitrogen and oxygen atoms in total. The zero-order chi connectivity index (χ0) is 79.6. The van der Waals surface area contributed by atoms with Crippen molar-refractivity contribution in [2.45, 2.75) is 73.9 Å². The summed E-state index contributed by atoms with van der Waals surface area (Å²) in [6.07, 6.45) is 15.0. The summed E-state index contributed by atoms with van der Waals surface area (Å²) in [5.74, 6) is 0.266. The third-order valence-corrected chi connectivity index (χ3v) is 20.1. The molecule has 7 heterocycles. The van der Waals surface area contributed by atoms with Crippen LogP contribution in [-0.2, 0) is 20.7 Å². The molecule has 0 aliphatic heterocycles. The maximum atomic E-state index is 14.5. The number of nitrogens with two attached hydrogens (primary N) is 2. The second-order valence-electron chi connectivity index (χ2n) is 28.9. The highest BCUT2D eigenvalue weighted by molar-refractivity contribution is 6.01. The summed E-state index contributed by atoms with van der Waals surface area (Å²) in [6.45, 7) is 8.06. The normalized spacial score (nSPS) is 11.2. The van der Waals surface area contributed by atoms with Gasteiger partial charge in [0.1, 0.15) is 34.1 Å². The Bertz CT molecular complexity index is 6130. The van der Waals surface area contributed by atoms with Crippen molar-refractivity contribution in [1.82, 2.24) is 49.5 Å². The van der Waals surface area contributed by atoms with Gasteiger partial charge in [0.15, 0.2) is 12.1 Å². The van der Waals surface area contributed by atoms with E-state index in [0.717, 1.165) is 83.7 Å². The van der Waals surface area contributed by atoms with Gasteiger partial charge in [-0.1, -0.05) is 268 Å². The smallest absolute Gasteiger partial charge is 0.224 e. The average molecular weight is 1560 g/mol.